The summed E-state index contributed by atoms with van der Waals surface area (Å²) in [5.74, 6) is -0.225. The van der Waals surface area contributed by atoms with E-state index in [2.05, 4.69) is 25.5 Å². The minimum Gasteiger partial charge on any atom is -0.494 e. The Kier molecular flexibility index (Phi) is 6.18. The summed E-state index contributed by atoms with van der Waals surface area (Å²) in [6.45, 7) is 1.66. The lowest BCUT2D eigenvalue weighted by atomic mass is 10.00. The Hall–Kier alpha value is -4.06. The first-order chi connectivity index (χ1) is 15.9. The molecule has 12 heteroatoms. The molecule has 1 N–H and O–H groups in total. The number of pyridine rings is 3. The molecule has 4 aromatic heterocycles. The number of halogens is 2. The van der Waals surface area contributed by atoms with Gasteiger partial charge in [-0.15, -0.1) is 10.2 Å². The SMILES string of the molecule is COc1cnc(C(F)F)cc1-c1cc(-n2cccc(C)c2=O)ncc1C(=O)Nc1nncs1. The summed E-state index contributed by atoms with van der Waals surface area (Å²) in [5.41, 5.74) is 1.60. The summed E-state index contributed by atoms with van der Waals surface area (Å²) >= 11 is 1.11. The van der Waals surface area contributed by atoms with Crippen molar-refractivity contribution in [3.05, 3.63) is 75.5 Å². The van der Waals surface area contributed by atoms with Crippen LogP contribution in [-0.4, -0.2) is 37.7 Å². The number of nitrogens with zero attached hydrogens (tertiary/aromatic N) is 5. The molecule has 4 rings (SSSR count). The molecule has 9 nitrogen and oxygen atoms in total. The normalized spacial score (nSPS) is 10.9. The maximum atomic E-state index is 13.4. The van der Waals surface area contributed by atoms with Crippen molar-refractivity contribution in [1.82, 2.24) is 24.7 Å². The van der Waals surface area contributed by atoms with E-state index >= 15 is 0 Å². The van der Waals surface area contributed by atoms with Gasteiger partial charge < -0.3 is 4.74 Å². The molecule has 0 aliphatic carbocycles. The lowest BCUT2D eigenvalue weighted by Gasteiger charge is -2.15. The standard InChI is InChI=1S/C21H16F2N6O3S/c1-11-4-3-5-29(20(11)31)17-7-12(13-6-15(18(22)23)24-9-16(13)32-2)14(8-25-17)19(30)27-21-28-26-10-33-21/h3-10,18H,1-2H3,(H,27,28,30). The Balaban J connectivity index is 1.93. The summed E-state index contributed by atoms with van der Waals surface area (Å²) in [6.07, 6.45) is 1.10. The van der Waals surface area contributed by atoms with Crippen molar-refractivity contribution in [3.63, 3.8) is 0 Å². The zero-order valence-corrected chi connectivity index (χ0v) is 18.1. The summed E-state index contributed by atoms with van der Waals surface area (Å²) < 4.78 is 33.4. The molecule has 4 heterocycles. The van der Waals surface area contributed by atoms with Gasteiger partial charge in [-0.1, -0.05) is 17.4 Å². The molecule has 0 atom stereocenters. The molecule has 0 saturated carbocycles. The van der Waals surface area contributed by atoms with Crippen LogP contribution in [0.3, 0.4) is 0 Å². The first-order valence-corrected chi connectivity index (χ1v) is 10.4. The van der Waals surface area contributed by atoms with Crippen molar-refractivity contribution < 1.29 is 18.3 Å². The van der Waals surface area contributed by atoms with E-state index in [0.717, 1.165) is 23.6 Å². The van der Waals surface area contributed by atoms with Crippen LogP contribution in [0.15, 0.2) is 53.2 Å². The van der Waals surface area contributed by atoms with Crippen molar-refractivity contribution in [2.24, 2.45) is 0 Å². The van der Waals surface area contributed by atoms with Crippen LogP contribution in [0.1, 0.15) is 28.0 Å². The fourth-order valence-corrected chi connectivity index (χ4v) is 3.55. The highest BCUT2D eigenvalue weighted by Crippen LogP contribution is 2.35. The fourth-order valence-electron chi connectivity index (χ4n) is 3.11. The first kappa shape index (κ1) is 22.1. The average Bonchev–Trinajstić information content (AvgIpc) is 3.33. The van der Waals surface area contributed by atoms with E-state index in [4.69, 9.17) is 4.74 Å². The van der Waals surface area contributed by atoms with Gasteiger partial charge in [0.15, 0.2) is 0 Å². The molecule has 0 saturated heterocycles. The van der Waals surface area contributed by atoms with E-state index < -0.39 is 18.0 Å². The number of hydrogen-bond donors (Lipinski definition) is 1. The third kappa shape index (κ3) is 4.46. The minimum atomic E-state index is -2.84. The fraction of sp³-hybridized carbons (Fsp3) is 0.143. The number of amides is 1. The molecule has 0 aliphatic rings. The second-order valence-electron chi connectivity index (χ2n) is 6.76. The lowest BCUT2D eigenvalue weighted by Crippen LogP contribution is -2.21. The number of nitrogens with one attached hydrogen (secondary N) is 1. The molecule has 0 radical (unpaired) electrons. The maximum absolute atomic E-state index is 13.4. The smallest absolute Gasteiger partial charge is 0.280 e. The number of hydrogen-bond acceptors (Lipinski definition) is 8. The minimum absolute atomic E-state index is 0.0550. The second-order valence-corrected chi connectivity index (χ2v) is 7.60. The van der Waals surface area contributed by atoms with Gasteiger partial charge >= 0.3 is 0 Å². The van der Waals surface area contributed by atoms with Gasteiger partial charge in [0.05, 0.1) is 18.9 Å². The molecule has 0 aliphatic heterocycles. The number of carbonyl (C=O) groups excluding carboxylic acids is 1. The molecule has 0 spiro atoms. The van der Waals surface area contributed by atoms with Crippen LogP contribution in [0.4, 0.5) is 13.9 Å². The molecule has 0 fully saturated rings. The zero-order valence-electron chi connectivity index (χ0n) is 17.3. The number of anilines is 1. The molecule has 0 bridgehead atoms. The topological polar surface area (TPSA) is 112 Å². The number of methoxy groups -OCH3 is 1. The molecule has 168 valence electrons. The predicted molar refractivity (Wildman–Crippen MR) is 117 cm³/mol. The second kappa shape index (κ2) is 9.20. The number of aryl methyl sites for hydroxylation is 1. The number of aromatic nitrogens is 5. The predicted octanol–water partition coefficient (Wildman–Crippen LogP) is 3.65. The van der Waals surface area contributed by atoms with Crippen molar-refractivity contribution in [2.75, 3.05) is 12.4 Å². The Morgan fingerprint density at radius 1 is 1.21 bits per heavy atom. The van der Waals surface area contributed by atoms with E-state index in [1.54, 1.807) is 19.1 Å². The Morgan fingerprint density at radius 3 is 2.73 bits per heavy atom. The van der Waals surface area contributed by atoms with Gasteiger partial charge in [-0.2, -0.15) is 0 Å². The summed E-state index contributed by atoms with van der Waals surface area (Å²) in [7, 11) is 1.36. The number of alkyl halides is 2. The van der Waals surface area contributed by atoms with Crippen LogP contribution in [0.25, 0.3) is 16.9 Å². The van der Waals surface area contributed by atoms with Crippen LogP contribution in [-0.2, 0) is 0 Å². The molecule has 0 aromatic carbocycles. The average molecular weight is 470 g/mol. The Bertz CT molecular complexity index is 1370. The maximum Gasteiger partial charge on any atom is 0.280 e. The molecule has 0 unspecified atom stereocenters. The van der Waals surface area contributed by atoms with Crippen molar-refractivity contribution >= 4 is 22.4 Å². The van der Waals surface area contributed by atoms with Crippen molar-refractivity contribution in [1.29, 1.82) is 0 Å². The highest BCUT2D eigenvalue weighted by atomic mass is 32.1. The quantitative estimate of drug-likeness (QED) is 0.458. The van der Waals surface area contributed by atoms with Crippen molar-refractivity contribution in [2.45, 2.75) is 13.3 Å². The largest absolute Gasteiger partial charge is 0.494 e. The van der Waals surface area contributed by atoms with Gasteiger partial charge in [-0.25, -0.2) is 13.8 Å². The van der Waals surface area contributed by atoms with E-state index in [1.165, 1.54) is 35.6 Å². The van der Waals surface area contributed by atoms with Gasteiger partial charge in [0.1, 0.15) is 22.8 Å². The highest BCUT2D eigenvalue weighted by molar-refractivity contribution is 7.13. The third-order valence-electron chi connectivity index (χ3n) is 4.72. The molecule has 4 aromatic rings. The van der Waals surface area contributed by atoms with Crippen molar-refractivity contribution in [3.8, 4) is 22.7 Å². The van der Waals surface area contributed by atoms with Crippen LogP contribution in [0.2, 0.25) is 0 Å². The third-order valence-corrected chi connectivity index (χ3v) is 5.33. The summed E-state index contributed by atoms with van der Waals surface area (Å²) in [6, 6.07) is 5.94. The number of ether oxygens (including phenoxy) is 1. The van der Waals surface area contributed by atoms with E-state index in [9.17, 15) is 18.4 Å². The Labute approximate surface area is 189 Å². The van der Waals surface area contributed by atoms with Crippen LogP contribution in [0, 0.1) is 6.92 Å². The van der Waals surface area contributed by atoms with E-state index in [-0.39, 0.29) is 38.9 Å². The highest BCUT2D eigenvalue weighted by Gasteiger charge is 2.22. The van der Waals surface area contributed by atoms with Crippen LogP contribution >= 0.6 is 11.3 Å². The summed E-state index contributed by atoms with van der Waals surface area (Å²) in [5, 5.41) is 10.3. The number of carbonyl (C=O) groups is 1. The van der Waals surface area contributed by atoms with Crippen LogP contribution < -0.4 is 15.6 Å². The van der Waals surface area contributed by atoms with E-state index in [0.29, 0.717) is 5.56 Å². The molecule has 1 amide bonds. The summed E-state index contributed by atoms with van der Waals surface area (Å²) in [4.78, 5) is 33.6. The van der Waals surface area contributed by atoms with Gasteiger partial charge in [0.25, 0.3) is 17.9 Å². The molecule has 33 heavy (non-hydrogen) atoms. The van der Waals surface area contributed by atoms with Gasteiger partial charge in [0, 0.05) is 29.1 Å². The Morgan fingerprint density at radius 2 is 2.03 bits per heavy atom. The monoisotopic (exact) mass is 470 g/mol. The lowest BCUT2D eigenvalue weighted by molar-refractivity contribution is 0.102. The zero-order chi connectivity index (χ0) is 23.5. The number of rotatable bonds is 6. The van der Waals surface area contributed by atoms with Gasteiger partial charge in [0.2, 0.25) is 5.13 Å². The van der Waals surface area contributed by atoms with Crippen LogP contribution in [0.5, 0.6) is 5.75 Å². The van der Waals surface area contributed by atoms with Gasteiger partial charge in [-0.3, -0.25) is 24.5 Å². The molecular weight excluding hydrogens is 454 g/mol. The first-order valence-electron chi connectivity index (χ1n) is 9.47. The van der Waals surface area contributed by atoms with Gasteiger partial charge in [-0.05, 0) is 25.1 Å². The van der Waals surface area contributed by atoms with E-state index in [1.807, 2.05) is 0 Å². The molecular formula is C21H16F2N6O3S.